The van der Waals surface area contributed by atoms with Crippen LogP contribution in [0, 0.1) is 6.92 Å². The van der Waals surface area contributed by atoms with E-state index in [1.165, 1.54) is 4.90 Å². The molecule has 2 aliphatic heterocycles. The molecule has 0 radical (unpaired) electrons. The summed E-state index contributed by atoms with van der Waals surface area (Å²) in [7, 11) is 1.57. The van der Waals surface area contributed by atoms with Crippen LogP contribution < -0.4 is 14.8 Å². The normalized spacial score (nSPS) is 20.4. The van der Waals surface area contributed by atoms with E-state index in [0.29, 0.717) is 43.0 Å². The number of likely N-dealkylation sites (tertiary alicyclic amines) is 1. The van der Waals surface area contributed by atoms with E-state index in [2.05, 4.69) is 15.4 Å². The molecule has 0 bridgehead atoms. The van der Waals surface area contributed by atoms with E-state index in [-0.39, 0.29) is 26.1 Å². The molecule has 0 spiro atoms. The van der Waals surface area contributed by atoms with Crippen molar-refractivity contribution in [3.8, 4) is 17.4 Å². The summed E-state index contributed by atoms with van der Waals surface area (Å²) in [6.07, 6.45) is 1.86. The zero-order chi connectivity index (χ0) is 24.5. The van der Waals surface area contributed by atoms with E-state index in [4.69, 9.17) is 18.9 Å². The van der Waals surface area contributed by atoms with Crippen molar-refractivity contribution in [3.63, 3.8) is 0 Å². The molecule has 0 saturated carbocycles. The first-order valence-corrected chi connectivity index (χ1v) is 11.3. The summed E-state index contributed by atoms with van der Waals surface area (Å²) >= 11 is 0. The van der Waals surface area contributed by atoms with E-state index in [0.717, 1.165) is 11.1 Å². The van der Waals surface area contributed by atoms with Gasteiger partial charge in [0.1, 0.15) is 24.8 Å². The van der Waals surface area contributed by atoms with Gasteiger partial charge in [0.2, 0.25) is 11.8 Å². The molecule has 186 valence electrons. The minimum Gasteiger partial charge on any atom is -0.481 e. The number of pyridine rings is 1. The highest BCUT2D eigenvalue weighted by Gasteiger charge is 2.43. The van der Waals surface area contributed by atoms with Gasteiger partial charge in [0.25, 0.3) is 0 Å². The molecule has 2 aliphatic rings. The number of rotatable bonds is 5. The van der Waals surface area contributed by atoms with E-state index in [1.807, 2.05) is 13.0 Å². The molecule has 34 heavy (non-hydrogen) atoms. The molecule has 1 amide bonds. The van der Waals surface area contributed by atoms with E-state index in [1.54, 1.807) is 38.8 Å². The number of methoxy groups -OCH3 is 1. The lowest BCUT2D eigenvalue weighted by Gasteiger charge is -2.25. The third-order valence-corrected chi connectivity index (χ3v) is 5.66. The van der Waals surface area contributed by atoms with Gasteiger partial charge in [-0.3, -0.25) is 0 Å². The number of amides is 1. The number of hydrogen-bond donors (Lipinski definition) is 1. The predicted octanol–water partition coefficient (Wildman–Crippen LogP) is 3.25. The minimum absolute atomic E-state index is 0.0895. The number of fused-ring (bicyclic) bond motifs is 1. The van der Waals surface area contributed by atoms with Crippen LogP contribution in [0.5, 0.6) is 11.8 Å². The van der Waals surface area contributed by atoms with Gasteiger partial charge in [-0.25, -0.2) is 18.9 Å². The van der Waals surface area contributed by atoms with Gasteiger partial charge in [-0.2, -0.15) is 0 Å². The van der Waals surface area contributed by atoms with Crippen LogP contribution in [0.15, 0.2) is 12.3 Å². The largest absolute Gasteiger partial charge is 0.481 e. The summed E-state index contributed by atoms with van der Waals surface area (Å²) < 4.78 is 39.3. The van der Waals surface area contributed by atoms with Crippen LogP contribution in [0.1, 0.15) is 38.3 Å². The van der Waals surface area contributed by atoms with Crippen molar-refractivity contribution in [1.82, 2.24) is 19.7 Å². The summed E-state index contributed by atoms with van der Waals surface area (Å²) in [5.41, 5.74) is 0.0406. The predicted molar refractivity (Wildman–Crippen MR) is 123 cm³/mol. The number of aryl methyl sites for hydroxylation is 1. The Hall–Kier alpha value is -3.08. The number of hydrogen-bond acceptors (Lipinski definition) is 8. The highest BCUT2D eigenvalue weighted by Crippen LogP contribution is 2.34. The Kier molecular flexibility index (Phi) is 6.57. The second kappa shape index (κ2) is 9.28. The Labute approximate surface area is 198 Å². The molecule has 0 aliphatic carbocycles. The second-order valence-electron chi connectivity index (χ2n) is 9.63. The maximum atomic E-state index is 15.5. The lowest BCUT2D eigenvalue weighted by molar-refractivity contribution is 0.0228. The first kappa shape index (κ1) is 24.1. The van der Waals surface area contributed by atoms with E-state index < -0.39 is 17.4 Å². The highest BCUT2D eigenvalue weighted by atomic mass is 19.1. The summed E-state index contributed by atoms with van der Waals surface area (Å²) in [4.78, 5) is 18.0. The monoisotopic (exact) mass is 477 g/mol. The number of nitrogens with zero attached hydrogens (tertiary/aromatic N) is 4. The minimum atomic E-state index is -1.69. The number of aromatic nitrogens is 3. The first-order chi connectivity index (χ1) is 16.1. The summed E-state index contributed by atoms with van der Waals surface area (Å²) in [5, 5.41) is 7.84. The molecule has 1 atom stereocenters. The lowest BCUT2D eigenvalue weighted by Crippen LogP contribution is -2.39. The molecule has 0 aromatic carbocycles. The van der Waals surface area contributed by atoms with E-state index >= 15 is 4.39 Å². The molecule has 1 saturated heterocycles. The zero-order valence-electron chi connectivity index (χ0n) is 20.3. The third-order valence-electron chi connectivity index (χ3n) is 5.66. The van der Waals surface area contributed by atoms with E-state index in [9.17, 15) is 4.79 Å². The van der Waals surface area contributed by atoms with Crippen molar-refractivity contribution in [1.29, 1.82) is 0 Å². The van der Waals surface area contributed by atoms with Crippen molar-refractivity contribution in [2.75, 3.05) is 45.5 Å². The fraction of sp³-hybridized carbons (Fsp3) is 0.609. The van der Waals surface area contributed by atoms with Gasteiger partial charge in [0.05, 0.1) is 37.7 Å². The van der Waals surface area contributed by atoms with Crippen molar-refractivity contribution in [2.45, 2.75) is 51.8 Å². The Balaban J connectivity index is 1.52. The lowest BCUT2D eigenvalue weighted by atomic mass is 10.1. The molecular formula is C23H32FN5O5. The number of ether oxygens (including phenoxy) is 4. The van der Waals surface area contributed by atoms with Gasteiger partial charge < -0.3 is 29.2 Å². The molecule has 4 rings (SSSR count). The molecule has 4 heterocycles. The van der Waals surface area contributed by atoms with Gasteiger partial charge >= 0.3 is 6.09 Å². The molecule has 11 heteroatoms. The quantitative estimate of drug-likeness (QED) is 0.701. The Bertz CT molecular complexity index is 1050. The van der Waals surface area contributed by atoms with Crippen LogP contribution in [0.3, 0.4) is 0 Å². The highest BCUT2D eigenvalue weighted by molar-refractivity contribution is 5.68. The van der Waals surface area contributed by atoms with Crippen molar-refractivity contribution in [2.24, 2.45) is 0 Å². The Morgan fingerprint density at radius 1 is 1.35 bits per heavy atom. The van der Waals surface area contributed by atoms with Crippen molar-refractivity contribution >= 4 is 11.9 Å². The van der Waals surface area contributed by atoms with Crippen LogP contribution in [-0.2, 0) is 15.9 Å². The van der Waals surface area contributed by atoms with Crippen LogP contribution in [0.25, 0.3) is 5.69 Å². The zero-order valence-corrected chi connectivity index (χ0v) is 20.3. The maximum Gasteiger partial charge on any atom is 0.410 e. The fourth-order valence-corrected chi connectivity index (χ4v) is 4.02. The summed E-state index contributed by atoms with van der Waals surface area (Å²) in [6, 6.07) is 1.91. The van der Waals surface area contributed by atoms with Crippen LogP contribution in [-0.4, -0.2) is 77.2 Å². The molecule has 10 nitrogen and oxygen atoms in total. The number of alkyl halides is 1. The van der Waals surface area contributed by atoms with Crippen LogP contribution in [0.4, 0.5) is 15.0 Å². The Morgan fingerprint density at radius 2 is 2.15 bits per heavy atom. The summed E-state index contributed by atoms with van der Waals surface area (Å²) in [5.74, 6) is 1.58. The topological polar surface area (TPSA) is 100.0 Å². The van der Waals surface area contributed by atoms with Crippen molar-refractivity contribution < 1.29 is 28.1 Å². The number of anilines is 1. The molecule has 2 aromatic heterocycles. The fourth-order valence-electron chi connectivity index (χ4n) is 4.02. The molecule has 1 unspecified atom stereocenters. The standard InChI is InChI=1S/C23H32FN5O5/c1-15-10-16(11-25-19(15)31-5)29-18-17(6-9-32-14-26-18)20(27-29)33-13-23(24)7-8-28(12-23)21(30)34-22(2,3)4/h10-11,26H,6-9,12-14H2,1-5H3. The van der Waals surface area contributed by atoms with Gasteiger partial charge in [0, 0.05) is 24.9 Å². The molecule has 2 aromatic rings. The van der Waals surface area contributed by atoms with Gasteiger partial charge in [-0.1, -0.05) is 0 Å². The van der Waals surface area contributed by atoms with Crippen LogP contribution >= 0.6 is 0 Å². The van der Waals surface area contributed by atoms with Gasteiger partial charge in [-0.05, 0) is 33.8 Å². The summed E-state index contributed by atoms with van der Waals surface area (Å²) in [6.45, 7) is 8.01. The molecular weight excluding hydrogens is 445 g/mol. The van der Waals surface area contributed by atoms with Gasteiger partial charge in [0.15, 0.2) is 5.67 Å². The van der Waals surface area contributed by atoms with Crippen molar-refractivity contribution in [3.05, 3.63) is 23.4 Å². The number of carbonyl (C=O) groups excluding carboxylic acids is 1. The molecule has 1 fully saturated rings. The van der Waals surface area contributed by atoms with Crippen LogP contribution in [0.2, 0.25) is 0 Å². The average Bonchev–Trinajstić information content (AvgIpc) is 3.23. The average molecular weight is 478 g/mol. The third kappa shape index (κ3) is 5.19. The van der Waals surface area contributed by atoms with Gasteiger partial charge in [-0.15, -0.1) is 5.10 Å². The second-order valence-corrected chi connectivity index (χ2v) is 9.63. The smallest absolute Gasteiger partial charge is 0.410 e. The molecule has 1 N–H and O–H groups in total. The number of halogens is 1. The SMILES string of the molecule is COc1ncc(-n2nc(OCC3(F)CCN(C(=O)OC(C)(C)C)C3)c3c2NCOCC3)cc1C. The first-order valence-electron chi connectivity index (χ1n) is 11.3. The Morgan fingerprint density at radius 3 is 2.85 bits per heavy atom. The maximum absolute atomic E-state index is 15.5. The number of carbonyl (C=O) groups is 1. The number of nitrogens with one attached hydrogen (secondary N) is 1.